The summed E-state index contributed by atoms with van der Waals surface area (Å²) in [5, 5.41) is 1.85. The summed E-state index contributed by atoms with van der Waals surface area (Å²) in [4.78, 5) is 51.4. The molecular weight excluding hydrogens is 428 g/mol. The van der Waals surface area contributed by atoms with Gasteiger partial charge in [0.25, 0.3) is 23.6 Å². The van der Waals surface area contributed by atoms with E-state index >= 15 is 0 Å². The van der Waals surface area contributed by atoms with Crippen LogP contribution in [0.1, 0.15) is 41.4 Å². The highest BCUT2D eigenvalue weighted by Crippen LogP contribution is 2.25. The summed E-state index contributed by atoms with van der Waals surface area (Å²) in [5.41, 5.74) is 1.67. The van der Waals surface area contributed by atoms with Gasteiger partial charge in [-0.25, -0.2) is 0 Å². The Morgan fingerprint density at radius 3 is 1.26 bits per heavy atom. The third-order valence-corrected chi connectivity index (χ3v) is 13.6. The summed E-state index contributed by atoms with van der Waals surface area (Å²) in [6, 6.07) is 10.7. The van der Waals surface area contributed by atoms with E-state index in [1.165, 1.54) is 14.1 Å². The van der Waals surface area contributed by atoms with Crippen LogP contribution in [-0.4, -0.2) is 64.2 Å². The molecular formula is C22H24N2O5Si2. The molecule has 2 heterocycles. The lowest BCUT2D eigenvalue weighted by molar-refractivity contribution is 0.0678. The maximum Gasteiger partial charge on any atom is 0.261 e. The average Bonchev–Trinajstić information content (AvgIpc) is 3.07. The maximum atomic E-state index is 12.4. The molecule has 7 nitrogen and oxygen atoms in total. The number of hydrogen-bond acceptors (Lipinski definition) is 5. The second kappa shape index (κ2) is 6.81. The van der Waals surface area contributed by atoms with Gasteiger partial charge < -0.3 is 4.12 Å². The van der Waals surface area contributed by atoms with Gasteiger partial charge in [-0.1, -0.05) is 12.1 Å². The Hall–Kier alpha value is -2.89. The van der Waals surface area contributed by atoms with Crippen LogP contribution < -0.4 is 10.4 Å². The summed E-state index contributed by atoms with van der Waals surface area (Å²) in [6.45, 7) is 8.24. The Morgan fingerprint density at radius 1 is 0.581 bits per heavy atom. The molecule has 0 unspecified atom stereocenters. The molecule has 160 valence electrons. The Labute approximate surface area is 182 Å². The van der Waals surface area contributed by atoms with Crippen molar-refractivity contribution in [3.05, 3.63) is 58.7 Å². The number of amides is 4. The molecule has 0 fully saturated rings. The lowest BCUT2D eigenvalue weighted by Gasteiger charge is -2.35. The minimum atomic E-state index is -2.47. The van der Waals surface area contributed by atoms with Gasteiger partial charge in [0.15, 0.2) is 0 Å². The molecule has 31 heavy (non-hydrogen) atoms. The third kappa shape index (κ3) is 3.20. The predicted molar refractivity (Wildman–Crippen MR) is 121 cm³/mol. The van der Waals surface area contributed by atoms with Crippen LogP contribution in [0.25, 0.3) is 0 Å². The molecule has 2 aliphatic rings. The van der Waals surface area contributed by atoms with E-state index in [1.54, 1.807) is 24.3 Å². The van der Waals surface area contributed by atoms with Crippen LogP contribution in [0, 0.1) is 0 Å². The fraction of sp³-hybridized carbons (Fsp3) is 0.273. The quantitative estimate of drug-likeness (QED) is 0.521. The molecule has 0 aliphatic carbocycles. The van der Waals surface area contributed by atoms with E-state index in [2.05, 4.69) is 26.2 Å². The summed E-state index contributed by atoms with van der Waals surface area (Å²) >= 11 is 0. The van der Waals surface area contributed by atoms with E-state index in [1.807, 2.05) is 12.1 Å². The first kappa shape index (κ1) is 21.3. The maximum absolute atomic E-state index is 12.4. The van der Waals surface area contributed by atoms with Crippen LogP contribution >= 0.6 is 0 Å². The lowest BCUT2D eigenvalue weighted by Crippen LogP contribution is -2.57. The molecule has 2 aliphatic heterocycles. The van der Waals surface area contributed by atoms with Gasteiger partial charge in [-0.3, -0.25) is 29.0 Å². The van der Waals surface area contributed by atoms with Crippen molar-refractivity contribution in [1.82, 2.24) is 9.80 Å². The molecule has 2 aromatic rings. The predicted octanol–water partition coefficient (Wildman–Crippen LogP) is 1.68. The number of hydrogen-bond donors (Lipinski definition) is 0. The molecule has 0 atom stereocenters. The van der Waals surface area contributed by atoms with Crippen molar-refractivity contribution in [2.75, 3.05) is 14.1 Å². The minimum Gasteiger partial charge on any atom is -0.449 e. The standard InChI is InChI=1S/C22H24N2O5Si2/c1-23-19(25)15-9-7-13(11-17(15)21(23)27)30(3,4)29-31(5,6)14-8-10-16-18(12-14)22(28)24(2)20(16)26/h7-12H,1-6H3. The van der Waals surface area contributed by atoms with Gasteiger partial charge in [0.2, 0.25) is 16.6 Å². The van der Waals surface area contributed by atoms with Gasteiger partial charge in [-0.2, -0.15) is 0 Å². The van der Waals surface area contributed by atoms with Crippen molar-refractivity contribution in [1.29, 1.82) is 0 Å². The summed E-state index contributed by atoms with van der Waals surface area (Å²) in [6.07, 6.45) is 0. The van der Waals surface area contributed by atoms with Crippen molar-refractivity contribution in [2.45, 2.75) is 26.2 Å². The van der Waals surface area contributed by atoms with Crippen LogP contribution in [-0.2, 0) is 4.12 Å². The van der Waals surface area contributed by atoms with Crippen LogP contribution in [0.3, 0.4) is 0 Å². The zero-order valence-corrected chi connectivity index (χ0v) is 20.4. The summed E-state index contributed by atoms with van der Waals surface area (Å²) in [5.74, 6) is -1.17. The van der Waals surface area contributed by atoms with E-state index < -0.39 is 16.6 Å². The fourth-order valence-electron chi connectivity index (χ4n) is 4.23. The molecule has 0 saturated carbocycles. The smallest absolute Gasteiger partial charge is 0.261 e. The monoisotopic (exact) mass is 452 g/mol. The molecule has 4 rings (SSSR count). The normalized spacial score (nSPS) is 16.3. The number of rotatable bonds is 4. The van der Waals surface area contributed by atoms with Gasteiger partial charge in [0.1, 0.15) is 0 Å². The molecule has 0 spiro atoms. The van der Waals surface area contributed by atoms with Crippen molar-refractivity contribution in [3.8, 4) is 0 Å². The van der Waals surface area contributed by atoms with E-state index in [4.69, 9.17) is 4.12 Å². The van der Waals surface area contributed by atoms with Gasteiger partial charge in [0, 0.05) is 14.1 Å². The second-order valence-electron chi connectivity index (χ2n) is 8.98. The van der Waals surface area contributed by atoms with Crippen molar-refractivity contribution in [2.24, 2.45) is 0 Å². The molecule has 0 N–H and O–H groups in total. The van der Waals surface area contributed by atoms with Gasteiger partial charge in [-0.15, -0.1) is 0 Å². The van der Waals surface area contributed by atoms with Crippen LogP contribution in [0.2, 0.25) is 26.2 Å². The minimum absolute atomic E-state index is 0.288. The van der Waals surface area contributed by atoms with Gasteiger partial charge >= 0.3 is 0 Å². The first-order valence-corrected chi connectivity index (χ1v) is 15.8. The fourth-order valence-corrected chi connectivity index (χ4v) is 12.2. The highest BCUT2D eigenvalue weighted by atomic mass is 28.4. The Bertz CT molecular complexity index is 1100. The topological polar surface area (TPSA) is 84.0 Å². The van der Waals surface area contributed by atoms with E-state index in [0.717, 1.165) is 20.2 Å². The first-order valence-electron chi connectivity index (χ1n) is 9.99. The Balaban J connectivity index is 1.66. The number of fused-ring (bicyclic) bond motifs is 2. The zero-order chi connectivity index (χ0) is 22.9. The number of carbonyl (C=O) groups is 4. The molecule has 9 heteroatoms. The second-order valence-corrected chi connectivity index (χ2v) is 17.0. The first-order chi connectivity index (χ1) is 14.3. The molecule has 2 aromatic carbocycles. The Morgan fingerprint density at radius 2 is 0.903 bits per heavy atom. The number of imide groups is 2. The van der Waals surface area contributed by atoms with Gasteiger partial charge in [-0.05, 0) is 60.8 Å². The van der Waals surface area contributed by atoms with E-state index in [0.29, 0.717) is 22.3 Å². The number of carbonyl (C=O) groups excluding carboxylic acids is 4. The molecule has 0 saturated heterocycles. The lowest BCUT2D eigenvalue weighted by atomic mass is 10.1. The number of benzene rings is 2. The van der Waals surface area contributed by atoms with Gasteiger partial charge in [0.05, 0.1) is 22.3 Å². The number of nitrogens with zero attached hydrogens (tertiary/aromatic N) is 2. The highest BCUT2D eigenvalue weighted by molar-refractivity contribution is 6.97. The molecule has 0 bridgehead atoms. The van der Waals surface area contributed by atoms with Crippen molar-refractivity contribution < 1.29 is 23.3 Å². The summed E-state index contributed by atoms with van der Waals surface area (Å²) in [7, 11) is -1.97. The molecule has 0 radical (unpaired) electrons. The largest absolute Gasteiger partial charge is 0.449 e. The Kier molecular flexibility index (Phi) is 4.69. The van der Waals surface area contributed by atoms with Crippen LogP contribution in [0.15, 0.2) is 36.4 Å². The highest BCUT2D eigenvalue weighted by Gasteiger charge is 2.40. The van der Waals surface area contributed by atoms with E-state index in [-0.39, 0.29) is 23.6 Å². The average molecular weight is 453 g/mol. The molecule has 4 amide bonds. The van der Waals surface area contributed by atoms with Crippen molar-refractivity contribution >= 4 is 50.6 Å². The zero-order valence-electron chi connectivity index (χ0n) is 18.4. The van der Waals surface area contributed by atoms with Crippen LogP contribution in [0.4, 0.5) is 0 Å². The third-order valence-electron chi connectivity index (χ3n) is 6.08. The SMILES string of the molecule is CN1C(=O)c2ccc([Si](C)(C)O[Si](C)(C)c3ccc4c(c3)C(=O)N(C)C4=O)cc2C1=O. The summed E-state index contributed by atoms with van der Waals surface area (Å²) < 4.78 is 6.75. The van der Waals surface area contributed by atoms with Crippen molar-refractivity contribution in [3.63, 3.8) is 0 Å². The molecule has 0 aromatic heterocycles. The van der Waals surface area contributed by atoms with E-state index in [9.17, 15) is 19.2 Å². The van der Waals surface area contributed by atoms with Crippen LogP contribution in [0.5, 0.6) is 0 Å².